The Morgan fingerprint density at radius 1 is 1.08 bits per heavy atom. The van der Waals surface area contributed by atoms with Crippen molar-refractivity contribution in [2.75, 3.05) is 4.72 Å². The number of aromatic nitrogens is 2. The van der Waals surface area contributed by atoms with Gasteiger partial charge in [-0.1, -0.05) is 54.1 Å². The highest BCUT2D eigenvalue weighted by molar-refractivity contribution is 7.95. The highest BCUT2D eigenvalue weighted by atomic mass is 35.5. The van der Waals surface area contributed by atoms with Crippen LogP contribution in [0.3, 0.4) is 0 Å². The summed E-state index contributed by atoms with van der Waals surface area (Å²) in [6.45, 7) is 1.78. The number of para-hydroxylation sites is 1. The summed E-state index contributed by atoms with van der Waals surface area (Å²) >= 11 is 6.16. The van der Waals surface area contributed by atoms with E-state index >= 15 is 0 Å². The van der Waals surface area contributed by atoms with Crippen LogP contribution < -0.4 is 4.72 Å². The van der Waals surface area contributed by atoms with Gasteiger partial charge in [-0.3, -0.25) is 4.72 Å². The molecule has 0 amide bonds. The molecule has 3 rings (SSSR count). The van der Waals surface area contributed by atoms with Gasteiger partial charge in [-0.2, -0.15) is 0 Å². The molecule has 0 aliphatic carbocycles. The molecule has 0 aliphatic heterocycles. The van der Waals surface area contributed by atoms with Crippen LogP contribution in [0.5, 0.6) is 0 Å². The third-order valence-electron chi connectivity index (χ3n) is 3.47. The van der Waals surface area contributed by atoms with E-state index in [4.69, 9.17) is 11.6 Å². The highest BCUT2D eigenvalue weighted by Gasteiger charge is 2.13. The number of nitrogens with one attached hydrogen (secondary N) is 1. The van der Waals surface area contributed by atoms with Gasteiger partial charge < -0.3 is 0 Å². The van der Waals surface area contributed by atoms with Gasteiger partial charge in [0.15, 0.2) is 5.82 Å². The number of hydrogen-bond acceptors (Lipinski definition) is 3. The second kappa shape index (κ2) is 7.13. The number of halogens is 1. The predicted molar refractivity (Wildman–Crippen MR) is 101 cm³/mol. The number of benzene rings is 2. The molecule has 7 heteroatoms. The summed E-state index contributed by atoms with van der Waals surface area (Å²) in [5.41, 5.74) is 2.17. The fourth-order valence-corrected chi connectivity index (χ4v) is 3.32. The summed E-state index contributed by atoms with van der Waals surface area (Å²) in [4.78, 5) is 0. The second-order valence-corrected chi connectivity index (χ2v) is 7.39. The molecule has 25 heavy (non-hydrogen) atoms. The SMILES string of the molecule is Cc1cn(-c2ccccc2Cl)nc1NS(=O)(=O)C=Cc1ccccc1. The predicted octanol–water partition coefficient (Wildman–Crippen LogP) is 4.25. The molecule has 0 aliphatic rings. The van der Waals surface area contributed by atoms with Crippen molar-refractivity contribution in [2.45, 2.75) is 6.92 Å². The third-order valence-corrected chi connectivity index (χ3v) is 4.77. The summed E-state index contributed by atoms with van der Waals surface area (Å²) in [6, 6.07) is 16.4. The van der Waals surface area contributed by atoms with Crippen LogP contribution in [0, 0.1) is 6.92 Å². The Kier molecular flexibility index (Phi) is 4.92. The van der Waals surface area contributed by atoms with Crippen LogP contribution in [0.4, 0.5) is 5.82 Å². The first-order valence-electron chi connectivity index (χ1n) is 7.52. The molecular formula is C18H16ClN3O2S. The third kappa shape index (κ3) is 4.29. The first-order chi connectivity index (χ1) is 11.9. The number of nitrogens with zero attached hydrogens (tertiary/aromatic N) is 2. The fourth-order valence-electron chi connectivity index (χ4n) is 2.22. The summed E-state index contributed by atoms with van der Waals surface area (Å²) in [5, 5.41) is 5.94. The molecule has 128 valence electrons. The molecule has 3 aromatic rings. The monoisotopic (exact) mass is 373 g/mol. The van der Waals surface area contributed by atoms with E-state index in [0.29, 0.717) is 16.3 Å². The molecule has 0 saturated carbocycles. The van der Waals surface area contributed by atoms with Crippen molar-refractivity contribution in [2.24, 2.45) is 0 Å². The van der Waals surface area contributed by atoms with E-state index < -0.39 is 10.0 Å². The highest BCUT2D eigenvalue weighted by Crippen LogP contribution is 2.22. The number of sulfonamides is 1. The van der Waals surface area contributed by atoms with E-state index in [-0.39, 0.29) is 5.82 Å². The summed E-state index contributed by atoms with van der Waals surface area (Å²) in [6.07, 6.45) is 3.25. The first kappa shape index (κ1) is 17.3. The van der Waals surface area contributed by atoms with Gasteiger partial charge in [0.2, 0.25) is 0 Å². The Morgan fingerprint density at radius 3 is 2.48 bits per heavy atom. The van der Waals surface area contributed by atoms with Gasteiger partial charge in [-0.25, -0.2) is 13.1 Å². The van der Waals surface area contributed by atoms with Gasteiger partial charge in [-0.15, -0.1) is 5.10 Å². The number of rotatable bonds is 5. The lowest BCUT2D eigenvalue weighted by molar-refractivity contribution is 0.609. The zero-order valence-electron chi connectivity index (χ0n) is 13.4. The average Bonchev–Trinajstić information content (AvgIpc) is 2.94. The molecule has 0 saturated heterocycles. The topological polar surface area (TPSA) is 64.0 Å². The molecule has 0 unspecified atom stereocenters. The normalized spacial score (nSPS) is 11.8. The van der Waals surface area contributed by atoms with E-state index in [0.717, 1.165) is 11.0 Å². The van der Waals surface area contributed by atoms with Crippen LogP contribution in [0.25, 0.3) is 11.8 Å². The average molecular weight is 374 g/mol. The van der Waals surface area contributed by atoms with Crippen molar-refractivity contribution in [3.63, 3.8) is 0 Å². The molecular weight excluding hydrogens is 358 g/mol. The fraction of sp³-hybridized carbons (Fsp3) is 0.0556. The lowest BCUT2D eigenvalue weighted by Crippen LogP contribution is -2.10. The van der Waals surface area contributed by atoms with Gasteiger partial charge in [0.1, 0.15) is 0 Å². The number of aryl methyl sites for hydroxylation is 1. The zero-order chi connectivity index (χ0) is 17.9. The van der Waals surface area contributed by atoms with E-state index in [1.54, 1.807) is 23.9 Å². The minimum absolute atomic E-state index is 0.262. The van der Waals surface area contributed by atoms with Crippen LogP contribution in [-0.2, 0) is 10.0 Å². The Hall–Kier alpha value is -2.57. The molecule has 5 nitrogen and oxygen atoms in total. The maximum absolute atomic E-state index is 12.3. The summed E-state index contributed by atoms with van der Waals surface area (Å²) in [5.74, 6) is 0.262. The molecule has 0 bridgehead atoms. The van der Waals surface area contributed by atoms with Crippen molar-refractivity contribution in [3.8, 4) is 5.69 Å². The van der Waals surface area contributed by atoms with Crippen LogP contribution in [0.1, 0.15) is 11.1 Å². The second-order valence-electron chi connectivity index (χ2n) is 5.42. The quantitative estimate of drug-likeness (QED) is 0.727. The van der Waals surface area contributed by atoms with E-state index in [1.165, 1.54) is 6.08 Å². The standard InChI is InChI=1S/C18H16ClN3O2S/c1-14-13-22(17-10-6-5-9-16(17)19)20-18(14)21-25(23,24)12-11-15-7-3-2-4-8-15/h2-13H,1H3,(H,20,21). The minimum Gasteiger partial charge on any atom is -0.262 e. The molecule has 0 spiro atoms. The largest absolute Gasteiger partial charge is 0.262 e. The van der Waals surface area contributed by atoms with Crippen LogP contribution in [0.15, 0.2) is 66.2 Å². The Morgan fingerprint density at radius 2 is 1.76 bits per heavy atom. The molecule has 1 N–H and O–H groups in total. The van der Waals surface area contributed by atoms with Crippen LogP contribution >= 0.6 is 11.6 Å². The van der Waals surface area contributed by atoms with Crippen molar-refractivity contribution >= 4 is 33.5 Å². The minimum atomic E-state index is -3.67. The maximum Gasteiger partial charge on any atom is 0.256 e. The van der Waals surface area contributed by atoms with Crippen molar-refractivity contribution in [1.29, 1.82) is 0 Å². The van der Waals surface area contributed by atoms with Gasteiger partial charge in [0.25, 0.3) is 10.0 Å². The molecule has 0 radical (unpaired) electrons. The lowest BCUT2D eigenvalue weighted by Gasteiger charge is -2.04. The number of hydrogen-bond donors (Lipinski definition) is 1. The first-order valence-corrected chi connectivity index (χ1v) is 9.44. The Labute approximate surface area is 151 Å². The van der Waals surface area contributed by atoms with E-state index in [2.05, 4.69) is 9.82 Å². The Balaban J connectivity index is 1.83. The number of anilines is 1. The van der Waals surface area contributed by atoms with Gasteiger partial charge in [0.05, 0.1) is 16.1 Å². The van der Waals surface area contributed by atoms with E-state index in [1.807, 2.05) is 48.5 Å². The molecule has 0 fully saturated rings. The summed E-state index contributed by atoms with van der Waals surface area (Å²) in [7, 11) is -3.67. The molecule has 2 aromatic carbocycles. The van der Waals surface area contributed by atoms with Crippen molar-refractivity contribution < 1.29 is 8.42 Å². The summed E-state index contributed by atoms with van der Waals surface area (Å²) < 4.78 is 28.6. The lowest BCUT2D eigenvalue weighted by atomic mass is 10.2. The molecule has 1 aromatic heterocycles. The van der Waals surface area contributed by atoms with Crippen molar-refractivity contribution in [3.05, 3.63) is 82.4 Å². The maximum atomic E-state index is 12.3. The molecule has 0 atom stereocenters. The van der Waals surface area contributed by atoms with Crippen LogP contribution in [-0.4, -0.2) is 18.2 Å². The zero-order valence-corrected chi connectivity index (χ0v) is 15.0. The van der Waals surface area contributed by atoms with Gasteiger partial charge in [0, 0.05) is 11.8 Å². The smallest absolute Gasteiger partial charge is 0.256 e. The van der Waals surface area contributed by atoms with Crippen LogP contribution in [0.2, 0.25) is 5.02 Å². The molecule has 1 heterocycles. The van der Waals surface area contributed by atoms with E-state index in [9.17, 15) is 8.42 Å². The van der Waals surface area contributed by atoms with Crippen molar-refractivity contribution in [1.82, 2.24) is 9.78 Å². The van der Waals surface area contributed by atoms with Gasteiger partial charge in [-0.05, 0) is 30.7 Å². The Bertz CT molecular complexity index is 1010. The van der Waals surface area contributed by atoms with Gasteiger partial charge >= 0.3 is 0 Å².